The second-order valence-corrected chi connectivity index (χ2v) is 17.0. The van der Waals surface area contributed by atoms with Crippen LogP contribution in [-0.2, 0) is 10.8 Å². The van der Waals surface area contributed by atoms with E-state index < -0.39 is 5.41 Å². The van der Waals surface area contributed by atoms with E-state index in [2.05, 4.69) is 228 Å². The molecule has 0 aromatic heterocycles. The van der Waals surface area contributed by atoms with Gasteiger partial charge in [-0.3, -0.25) is 0 Å². The fourth-order valence-corrected chi connectivity index (χ4v) is 9.86. The van der Waals surface area contributed by atoms with Gasteiger partial charge in [0, 0.05) is 22.5 Å². The summed E-state index contributed by atoms with van der Waals surface area (Å²) in [4.78, 5) is 2.44. The highest BCUT2D eigenvalue weighted by Crippen LogP contribution is 2.58. The summed E-state index contributed by atoms with van der Waals surface area (Å²) in [6.45, 7) is 11.4. The molecule has 2 aliphatic rings. The van der Waals surface area contributed by atoms with E-state index in [1.165, 1.54) is 66.8 Å². The third kappa shape index (κ3) is 5.92. The van der Waals surface area contributed by atoms with Crippen LogP contribution < -0.4 is 9.64 Å². The molecule has 8 aromatic rings. The highest BCUT2D eigenvalue weighted by atomic mass is 16.5. The van der Waals surface area contributed by atoms with Crippen molar-refractivity contribution in [2.24, 2.45) is 0 Å². The summed E-state index contributed by atoms with van der Waals surface area (Å²) in [5, 5.41) is 0. The lowest BCUT2D eigenvalue weighted by Gasteiger charge is -2.35. The van der Waals surface area contributed by atoms with Crippen molar-refractivity contribution < 1.29 is 4.74 Å². The Morgan fingerprint density at radius 3 is 1.59 bits per heavy atom. The van der Waals surface area contributed by atoms with Gasteiger partial charge in [0.15, 0.2) is 0 Å². The number of hydrogen-bond acceptors (Lipinski definition) is 2. The molecule has 0 saturated carbocycles. The molecule has 2 atom stereocenters. The lowest BCUT2D eigenvalue weighted by atomic mass is 9.67. The van der Waals surface area contributed by atoms with E-state index in [9.17, 15) is 0 Å². The molecule has 0 amide bonds. The second kappa shape index (κ2) is 14.3. The third-order valence-electron chi connectivity index (χ3n) is 13.2. The van der Waals surface area contributed by atoms with Crippen LogP contribution in [0.2, 0.25) is 0 Å². The summed E-state index contributed by atoms with van der Waals surface area (Å²) in [5.74, 6) is 2.19. The Balaban J connectivity index is 1.14. The van der Waals surface area contributed by atoms with Crippen LogP contribution >= 0.6 is 0 Å². The van der Waals surface area contributed by atoms with E-state index in [4.69, 9.17) is 4.74 Å². The smallest absolute Gasteiger partial charge is 0.127 e. The first-order valence-corrected chi connectivity index (χ1v) is 21.1. The van der Waals surface area contributed by atoms with Crippen LogP contribution in [0.5, 0.6) is 11.5 Å². The van der Waals surface area contributed by atoms with Gasteiger partial charge in [-0.1, -0.05) is 161 Å². The maximum absolute atomic E-state index is 6.47. The van der Waals surface area contributed by atoms with Crippen LogP contribution in [0.25, 0.3) is 22.3 Å². The summed E-state index contributed by atoms with van der Waals surface area (Å²) in [6, 6.07) is 69.4. The van der Waals surface area contributed by atoms with Crippen molar-refractivity contribution >= 4 is 17.1 Å². The Bertz CT molecular complexity index is 2820. The van der Waals surface area contributed by atoms with Gasteiger partial charge in [0.1, 0.15) is 11.5 Å². The quantitative estimate of drug-likeness (QED) is 0.145. The van der Waals surface area contributed by atoms with Crippen molar-refractivity contribution in [3.8, 4) is 33.8 Å². The van der Waals surface area contributed by atoms with Gasteiger partial charge in [0.05, 0.1) is 5.41 Å². The number of hydrogen-bond donors (Lipinski definition) is 0. The summed E-state index contributed by atoms with van der Waals surface area (Å²) in [6.07, 6.45) is 1.12. The standard InChI is InChI=1S/C57H49NO/c1-6-39(3)40-22-30-46(31-23-40)59-47-32-26-42(27-33-47)57(41-24-20-38(2)21-25-41)53-19-13-11-17-49(53)51-35-29-45(37-55(51)57)58(43-14-8-7-9-15-43)44-28-34-50-48-16-10-12-18-52(48)56(4,5)54(50)36-44/h7-37,39H,6H2,1-5H3. The largest absolute Gasteiger partial charge is 0.457 e. The van der Waals surface area contributed by atoms with Crippen LogP contribution in [0, 0.1) is 6.92 Å². The zero-order valence-corrected chi connectivity index (χ0v) is 34.5. The molecule has 0 aliphatic heterocycles. The molecule has 0 spiro atoms. The molecule has 0 bridgehead atoms. The highest BCUT2D eigenvalue weighted by Gasteiger charge is 2.46. The van der Waals surface area contributed by atoms with Crippen molar-refractivity contribution in [1.82, 2.24) is 0 Å². The van der Waals surface area contributed by atoms with E-state index in [1.807, 2.05) is 0 Å². The molecular formula is C57H49NO. The Kier molecular flexibility index (Phi) is 8.91. The first-order valence-electron chi connectivity index (χ1n) is 21.1. The second-order valence-electron chi connectivity index (χ2n) is 17.0. The van der Waals surface area contributed by atoms with Crippen molar-refractivity contribution in [2.75, 3.05) is 4.90 Å². The van der Waals surface area contributed by atoms with Gasteiger partial charge in [0.2, 0.25) is 0 Å². The topological polar surface area (TPSA) is 12.5 Å². The first kappa shape index (κ1) is 36.7. The molecule has 2 heteroatoms. The van der Waals surface area contributed by atoms with Gasteiger partial charge in [-0.15, -0.1) is 0 Å². The number of aryl methyl sites for hydroxylation is 1. The van der Waals surface area contributed by atoms with E-state index in [1.54, 1.807) is 0 Å². The first-order chi connectivity index (χ1) is 28.8. The van der Waals surface area contributed by atoms with Gasteiger partial charge in [-0.2, -0.15) is 0 Å². The summed E-state index contributed by atoms with van der Waals surface area (Å²) >= 11 is 0. The number of fused-ring (bicyclic) bond motifs is 6. The van der Waals surface area contributed by atoms with Crippen molar-refractivity contribution in [2.45, 2.75) is 57.8 Å². The van der Waals surface area contributed by atoms with E-state index in [0.717, 1.165) is 35.0 Å². The van der Waals surface area contributed by atoms with Crippen LogP contribution in [0.3, 0.4) is 0 Å². The summed E-state index contributed by atoms with van der Waals surface area (Å²) in [7, 11) is 0. The van der Waals surface area contributed by atoms with Gasteiger partial charge in [0.25, 0.3) is 0 Å². The number of ether oxygens (including phenoxy) is 1. The predicted octanol–water partition coefficient (Wildman–Crippen LogP) is 15.4. The van der Waals surface area contributed by atoms with E-state index >= 15 is 0 Å². The highest BCUT2D eigenvalue weighted by molar-refractivity contribution is 5.90. The minimum atomic E-state index is -0.573. The monoisotopic (exact) mass is 763 g/mol. The molecule has 0 radical (unpaired) electrons. The molecule has 0 heterocycles. The molecule has 0 fully saturated rings. The molecule has 2 unspecified atom stereocenters. The van der Waals surface area contributed by atoms with Crippen LogP contribution in [0.15, 0.2) is 188 Å². The SMILES string of the molecule is CCC(C)c1ccc(Oc2ccc(C3(c4ccc(C)cc4)c4ccccc4-c4ccc(N(c5ccccc5)c5ccc6c(c5)C(C)(C)c5ccccc5-6)cc43)cc2)cc1. The Labute approximate surface area is 349 Å². The molecular weight excluding hydrogens is 715 g/mol. The zero-order valence-electron chi connectivity index (χ0n) is 34.5. The number of anilines is 3. The molecule has 8 aromatic carbocycles. The summed E-state index contributed by atoms with van der Waals surface area (Å²) in [5.41, 5.74) is 18.2. The van der Waals surface area contributed by atoms with Crippen LogP contribution in [0.4, 0.5) is 17.1 Å². The van der Waals surface area contributed by atoms with E-state index in [-0.39, 0.29) is 5.41 Å². The van der Waals surface area contributed by atoms with Crippen LogP contribution in [-0.4, -0.2) is 0 Å². The van der Waals surface area contributed by atoms with Crippen molar-refractivity contribution in [3.05, 3.63) is 233 Å². The molecule has 0 saturated heterocycles. The van der Waals surface area contributed by atoms with Crippen molar-refractivity contribution in [3.63, 3.8) is 0 Å². The van der Waals surface area contributed by atoms with Gasteiger partial charge < -0.3 is 9.64 Å². The molecule has 2 nitrogen and oxygen atoms in total. The fraction of sp³-hybridized carbons (Fsp3) is 0.158. The number of nitrogens with zero attached hydrogens (tertiary/aromatic N) is 1. The lowest BCUT2D eigenvalue weighted by Crippen LogP contribution is -2.28. The minimum absolute atomic E-state index is 0.114. The molecule has 288 valence electrons. The Morgan fingerprint density at radius 2 is 0.966 bits per heavy atom. The Morgan fingerprint density at radius 1 is 0.475 bits per heavy atom. The molecule has 0 N–H and O–H groups in total. The normalized spacial score (nSPS) is 16.1. The van der Waals surface area contributed by atoms with Gasteiger partial charge >= 0.3 is 0 Å². The van der Waals surface area contributed by atoms with Gasteiger partial charge in [-0.25, -0.2) is 0 Å². The Hall–Kier alpha value is -6.64. The summed E-state index contributed by atoms with van der Waals surface area (Å²) < 4.78 is 6.47. The van der Waals surface area contributed by atoms with Gasteiger partial charge in [-0.05, 0) is 141 Å². The average molecular weight is 764 g/mol. The number of benzene rings is 8. The third-order valence-corrected chi connectivity index (χ3v) is 13.2. The average Bonchev–Trinajstić information content (AvgIpc) is 3.70. The lowest BCUT2D eigenvalue weighted by molar-refractivity contribution is 0.481. The van der Waals surface area contributed by atoms with Crippen molar-refractivity contribution in [1.29, 1.82) is 0 Å². The number of rotatable bonds is 9. The minimum Gasteiger partial charge on any atom is -0.457 e. The number of para-hydroxylation sites is 1. The fourth-order valence-electron chi connectivity index (χ4n) is 9.86. The molecule has 2 aliphatic carbocycles. The molecule has 59 heavy (non-hydrogen) atoms. The maximum Gasteiger partial charge on any atom is 0.127 e. The predicted molar refractivity (Wildman–Crippen MR) is 246 cm³/mol. The van der Waals surface area contributed by atoms with Crippen LogP contribution in [0.1, 0.15) is 84.5 Å². The maximum atomic E-state index is 6.47. The zero-order chi connectivity index (χ0) is 40.3. The molecule has 10 rings (SSSR count). The van der Waals surface area contributed by atoms with E-state index in [0.29, 0.717) is 5.92 Å².